The van der Waals surface area contributed by atoms with E-state index in [1.807, 2.05) is 30.9 Å². The predicted octanol–water partition coefficient (Wildman–Crippen LogP) is 2.68. The largest absolute Gasteiger partial charge is 0.459 e. The molecule has 1 fully saturated rings. The summed E-state index contributed by atoms with van der Waals surface area (Å²) in [5.74, 6) is 0.273. The second-order valence-corrected chi connectivity index (χ2v) is 6.71. The average Bonchev–Trinajstić information content (AvgIpc) is 3.19. The third-order valence-corrected chi connectivity index (χ3v) is 4.96. The van der Waals surface area contributed by atoms with Crippen LogP contribution in [0, 0.1) is 13.8 Å². The molecule has 0 bridgehead atoms. The number of benzene rings is 1. The number of furan rings is 1. The summed E-state index contributed by atoms with van der Waals surface area (Å²) in [5, 5.41) is 3.32. The Kier molecular flexibility index (Phi) is 5.30. The highest BCUT2D eigenvalue weighted by Crippen LogP contribution is 2.19. The number of nitrogens with one attached hydrogen (secondary N) is 1. The molecule has 1 aromatic heterocycles. The average molecular weight is 355 g/mol. The molecular weight excluding hydrogens is 330 g/mol. The number of rotatable bonds is 4. The maximum Gasteiger partial charge on any atom is 0.289 e. The molecule has 2 aromatic rings. The van der Waals surface area contributed by atoms with Crippen molar-refractivity contribution in [3.63, 3.8) is 0 Å². The van der Waals surface area contributed by atoms with Crippen molar-refractivity contribution in [1.82, 2.24) is 9.80 Å². The molecule has 138 valence electrons. The molecule has 1 saturated heterocycles. The van der Waals surface area contributed by atoms with Gasteiger partial charge in [0.05, 0.1) is 6.26 Å². The van der Waals surface area contributed by atoms with Crippen LogP contribution < -0.4 is 5.32 Å². The molecule has 1 aliphatic rings. The molecule has 3 rings (SSSR count). The van der Waals surface area contributed by atoms with E-state index in [9.17, 15) is 9.59 Å². The van der Waals surface area contributed by atoms with Crippen LogP contribution in [0.5, 0.6) is 0 Å². The van der Waals surface area contributed by atoms with E-state index in [4.69, 9.17) is 4.42 Å². The Morgan fingerprint density at radius 1 is 1.04 bits per heavy atom. The Hall–Kier alpha value is -2.76. The minimum absolute atomic E-state index is 0.0519. The number of nitrogens with zero attached hydrogens (tertiary/aromatic N) is 2. The van der Waals surface area contributed by atoms with Crippen molar-refractivity contribution >= 4 is 17.5 Å². The van der Waals surface area contributed by atoms with Crippen LogP contribution in [-0.4, -0.2) is 53.8 Å². The Morgan fingerprint density at radius 2 is 1.73 bits per heavy atom. The maximum atomic E-state index is 12.7. The summed E-state index contributed by atoms with van der Waals surface area (Å²) in [4.78, 5) is 28.6. The summed E-state index contributed by atoms with van der Waals surface area (Å²) < 4.78 is 5.17. The van der Waals surface area contributed by atoms with Gasteiger partial charge in [-0.2, -0.15) is 0 Å². The molecular formula is C20H25N3O3. The van der Waals surface area contributed by atoms with Crippen LogP contribution in [0.1, 0.15) is 28.6 Å². The van der Waals surface area contributed by atoms with Gasteiger partial charge in [-0.15, -0.1) is 0 Å². The summed E-state index contributed by atoms with van der Waals surface area (Å²) in [6.45, 7) is 8.08. The van der Waals surface area contributed by atoms with Gasteiger partial charge in [0.1, 0.15) is 6.04 Å². The summed E-state index contributed by atoms with van der Waals surface area (Å²) in [5.41, 5.74) is 3.33. The first-order valence-electron chi connectivity index (χ1n) is 8.91. The van der Waals surface area contributed by atoms with E-state index in [-0.39, 0.29) is 17.9 Å². The van der Waals surface area contributed by atoms with Crippen molar-refractivity contribution in [2.75, 3.05) is 31.5 Å². The normalized spacial score (nSPS) is 15.7. The Labute approximate surface area is 153 Å². The number of hydrogen-bond acceptors (Lipinski definition) is 4. The van der Waals surface area contributed by atoms with E-state index in [0.29, 0.717) is 31.9 Å². The van der Waals surface area contributed by atoms with Gasteiger partial charge in [-0.3, -0.25) is 9.59 Å². The van der Waals surface area contributed by atoms with Gasteiger partial charge in [-0.25, -0.2) is 0 Å². The van der Waals surface area contributed by atoms with Crippen molar-refractivity contribution in [2.24, 2.45) is 0 Å². The van der Waals surface area contributed by atoms with Gasteiger partial charge >= 0.3 is 0 Å². The summed E-state index contributed by atoms with van der Waals surface area (Å²) in [6.07, 6.45) is 1.49. The first-order valence-corrected chi connectivity index (χ1v) is 8.91. The van der Waals surface area contributed by atoms with Gasteiger partial charge < -0.3 is 19.5 Å². The number of carbonyl (C=O) groups excluding carboxylic acids is 2. The third kappa shape index (κ3) is 3.74. The molecule has 6 nitrogen and oxygen atoms in total. The van der Waals surface area contributed by atoms with Crippen LogP contribution in [0.25, 0.3) is 0 Å². The van der Waals surface area contributed by atoms with Crippen molar-refractivity contribution < 1.29 is 14.0 Å². The Bertz CT molecular complexity index is 778. The van der Waals surface area contributed by atoms with Gasteiger partial charge in [0.2, 0.25) is 5.91 Å². The molecule has 0 aliphatic carbocycles. The fourth-order valence-corrected chi connectivity index (χ4v) is 3.16. The lowest BCUT2D eigenvalue weighted by molar-refractivity contribution is -0.133. The summed E-state index contributed by atoms with van der Waals surface area (Å²) in [6, 6.07) is 9.08. The number of piperazine rings is 1. The van der Waals surface area contributed by atoms with Crippen molar-refractivity contribution in [2.45, 2.75) is 26.8 Å². The molecule has 1 atom stereocenters. The van der Waals surface area contributed by atoms with E-state index < -0.39 is 0 Å². The molecule has 2 amide bonds. The van der Waals surface area contributed by atoms with Gasteiger partial charge in [0.15, 0.2) is 5.76 Å². The number of amides is 2. The summed E-state index contributed by atoms with van der Waals surface area (Å²) in [7, 11) is 0. The van der Waals surface area contributed by atoms with E-state index in [1.54, 1.807) is 17.0 Å². The van der Waals surface area contributed by atoms with Crippen LogP contribution in [0.15, 0.2) is 41.0 Å². The molecule has 1 aliphatic heterocycles. The molecule has 0 saturated carbocycles. The second-order valence-electron chi connectivity index (χ2n) is 6.71. The van der Waals surface area contributed by atoms with Crippen LogP contribution in [0.2, 0.25) is 0 Å². The number of anilines is 1. The monoisotopic (exact) mass is 355 g/mol. The zero-order valence-electron chi connectivity index (χ0n) is 15.5. The molecule has 0 spiro atoms. The van der Waals surface area contributed by atoms with Crippen LogP contribution >= 0.6 is 0 Å². The predicted molar refractivity (Wildman–Crippen MR) is 100 cm³/mol. The van der Waals surface area contributed by atoms with Gasteiger partial charge in [0.25, 0.3) is 5.91 Å². The molecule has 1 unspecified atom stereocenters. The first-order chi connectivity index (χ1) is 12.5. The molecule has 1 aromatic carbocycles. The Morgan fingerprint density at radius 3 is 2.38 bits per heavy atom. The lowest BCUT2D eigenvalue weighted by Crippen LogP contribution is -2.53. The van der Waals surface area contributed by atoms with E-state index in [1.165, 1.54) is 11.8 Å². The highest BCUT2D eigenvalue weighted by Gasteiger charge is 2.28. The fourth-order valence-electron chi connectivity index (χ4n) is 3.16. The lowest BCUT2D eigenvalue weighted by Gasteiger charge is -2.35. The number of carbonyl (C=O) groups is 2. The van der Waals surface area contributed by atoms with Crippen LogP contribution in [-0.2, 0) is 4.79 Å². The third-order valence-electron chi connectivity index (χ3n) is 4.96. The maximum absolute atomic E-state index is 12.7. The fraction of sp³-hybridized carbons (Fsp3) is 0.400. The van der Waals surface area contributed by atoms with Crippen molar-refractivity contribution in [3.05, 3.63) is 53.5 Å². The first kappa shape index (κ1) is 18.0. The highest BCUT2D eigenvalue weighted by atomic mass is 16.3. The van der Waals surface area contributed by atoms with E-state index >= 15 is 0 Å². The zero-order chi connectivity index (χ0) is 18.7. The topological polar surface area (TPSA) is 65.8 Å². The van der Waals surface area contributed by atoms with Gasteiger partial charge in [-0.05, 0) is 50.1 Å². The van der Waals surface area contributed by atoms with Crippen LogP contribution in [0.4, 0.5) is 5.69 Å². The quantitative estimate of drug-likeness (QED) is 0.916. The lowest BCUT2D eigenvalue weighted by atomic mass is 10.1. The standard InChI is InChI=1S/C20H25N3O3/c1-14-6-4-7-17(15(14)2)21-16(3)19(24)22-9-11-23(12-10-22)20(25)18-8-5-13-26-18/h4-8,13,16,21H,9-12H2,1-3H3. The zero-order valence-corrected chi connectivity index (χ0v) is 15.5. The van der Waals surface area contributed by atoms with Gasteiger partial charge in [0, 0.05) is 31.9 Å². The van der Waals surface area contributed by atoms with Crippen LogP contribution in [0.3, 0.4) is 0 Å². The number of hydrogen-bond donors (Lipinski definition) is 1. The second kappa shape index (κ2) is 7.64. The van der Waals surface area contributed by atoms with E-state index in [2.05, 4.69) is 18.3 Å². The minimum atomic E-state index is -0.317. The van der Waals surface area contributed by atoms with Crippen molar-refractivity contribution in [1.29, 1.82) is 0 Å². The molecule has 26 heavy (non-hydrogen) atoms. The SMILES string of the molecule is Cc1cccc(NC(C)C(=O)N2CCN(C(=O)c3ccco3)CC2)c1C. The molecule has 0 radical (unpaired) electrons. The molecule has 2 heterocycles. The molecule has 1 N–H and O–H groups in total. The van der Waals surface area contributed by atoms with Gasteiger partial charge in [-0.1, -0.05) is 12.1 Å². The Balaban J connectivity index is 1.56. The molecule has 6 heteroatoms. The summed E-state index contributed by atoms with van der Waals surface area (Å²) >= 11 is 0. The highest BCUT2D eigenvalue weighted by molar-refractivity contribution is 5.91. The number of aryl methyl sites for hydroxylation is 1. The minimum Gasteiger partial charge on any atom is -0.459 e. The van der Waals surface area contributed by atoms with E-state index in [0.717, 1.165) is 11.3 Å². The van der Waals surface area contributed by atoms with Crippen molar-refractivity contribution in [3.8, 4) is 0 Å². The smallest absolute Gasteiger partial charge is 0.289 e.